The summed E-state index contributed by atoms with van der Waals surface area (Å²) in [6, 6.07) is 28.9. The fourth-order valence-electron chi connectivity index (χ4n) is 6.43. The van der Waals surface area contributed by atoms with E-state index in [9.17, 15) is 1.37 Å². The van der Waals surface area contributed by atoms with E-state index in [0.29, 0.717) is 16.3 Å². The highest BCUT2D eigenvalue weighted by molar-refractivity contribution is 6.23. The molecular weight excluding hydrogens is 520 g/mol. The van der Waals surface area contributed by atoms with Gasteiger partial charge in [0.25, 0.3) is 0 Å². The standard InChI is InChI=1S/C42H26O/c1-2-12-27(13-3-1)30-15-6-7-17-32(30)41-35-20-10-8-18-33(35)40(34-19-9-11-21-36(34)41)29-23-25-39-38(26-29)37-24-22-28-14-4-5-16-31(28)42(37)43-39/h1-26H/i1D,2D,3D,6D,7D,12D,13D,15D,17D. The van der Waals surface area contributed by atoms with Gasteiger partial charge in [-0.2, -0.15) is 0 Å². The van der Waals surface area contributed by atoms with Gasteiger partial charge in [-0.05, 0) is 78.5 Å². The van der Waals surface area contributed by atoms with Gasteiger partial charge in [-0.1, -0.05) is 139 Å². The topological polar surface area (TPSA) is 13.1 Å². The van der Waals surface area contributed by atoms with Gasteiger partial charge in [0.2, 0.25) is 0 Å². The van der Waals surface area contributed by atoms with E-state index in [0.717, 1.165) is 54.6 Å². The van der Waals surface area contributed by atoms with Crippen molar-refractivity contribution < 1.29 is 16.8 Å². The van der Waals surface area contributed by atoms with Crippen molar-refractivity contribution in [1.29, 1.82) is 0 Å². The Kier molecular flexibility index (Phi) is 3.67. The molecular formula is C42H26O. The van der Waals surface area contributed by atoms with E-state index in [1.165, 1.54) is 0 Å². The number of hydrogen-bond acceptors (Lipinski definition) is 1. The Morgan fingerprint density at radius 2 is 1.02 bits per heavy atom. The van der Waals surface area contributed by atoms with Gasteiger partial charge < -0.3 is 4.42 Å². The zero-order valence-corrected chi connectivity index (χ0v) is 22.7. The summed E-state index contributed by atoms with van der Waals surface area (Å²) < 4.78 is 84.7. The van der Waals surface area contributed by atoms with Crippen molar-refractivity contribution >= 4 is 54.3 Å². The van der Waals surface area contributed by atoms with E-state index in [2.05, 4.69) is 30.3 Å². The fourth-order valence-corrected chi connectivity index (χ4v) is 6.43. The molecule has 9 rings (SSSR count). The molecule has 0 fully saturated rings. The van der Waals surface area contributed by atoms with Crippen LogP contribution in [0.4, 0.5) is 0 Å². The molecule has 1 heteroatoms. The molecule has 1 heterocycles. The summed E-state index contributed by atoms with van der Waals surface area (Å²) in [6.07, 6.45) is 0. The van der Waals surface area contributed by atoms with E-state index < -0.39 is 48.3 Å². The van der Waals surface area contributed by atoms with Crippen LogP contribution in [0, 0.1) is 0 Å². The van der Waals surface area contributed by atoms with Crippen molar-refractivity contribution in [2.75, 3.05) is 0 Å². The highest BCUT2D eigenvalue weighted by Crippen LogP contribution is 2.47. The summed E-state index contributed by atoms with van der Waals surface area (Å²) in [4.78, 5) is 0. The zero-order chi connectivity index (χ0) is 36.2. The number of hydrogen-bond donors (Lipinski definition) is 0. The maximum Gasteiger partial charge on any atom is 0.143 e. The molecule has 0 N–H and O–H groups in total. The molecule has 200 valence electrons. The number of benzene rings is 8. The molecule has 0 unspecified atom stereocenters. The lowest BCUT2D eigenvalue weighted by Gasteiger charge is -2.19. The summed E-state index contributed by atoms with van der Waals surface area (Å²) in [7, 11) is 0. The molecule has 0 spiro atoms. The predicted molar refractivity (Wildman–Crippen MR) is 183 cm³/mol. The van der Waals surface area contributed by atoms with Crippen LogP contribution in [0.3, 0.4) is 0 Å². The zero-order valence-electron chi connectivity index (χ0n) is 31.7. The van der Waals surface area contributed by atoms with Crippen LogP contribution in [0.1, 0.15) is 12.3 Å². The van der Waals surface area contributed by atoms with Crippen molar-refractivity contribution in [3.8, 4) is 33.4 Å². The lowest BCUT2D eigenvalue weighted by Crippen LogP contribution is -1.92. The van der Waals surface area contributed by atoms with Gasteiger partial charge in [-0.15, -0.1) is 0 Å². The largest absolute Gasteiger partial charge is 0.455 e. The van der Waals surface area contributed by atoms with Crippen LogP contribution in [0.15, 0.2) is 162 Å². The van der Waals surface area contributed by atoms with Crippen LogP contribution in [0.2, 0.25) is 0 Å². The van der Waals surface area contributed by atoms with Gasteiger partial charge >= 0.3 is 0 Å². The molecule has 9 aromatic rings. The molecule has 0 aliphatic rings. The Bertz CT molecular complexity index is 2930. The molecule has 0 radical (unpaired) electrons. The normalized spacial score (nSPS) is 14.7. The Morgan fingerprint density at radius 3 is 1.74 bits per heavy atom. The first-order valence-corrected chi connectivity index (χ1v) is 14.0. The molecule has 0 saturated carbocycles. The molecule has 0 saturated heterocycles. The average Bonchev–Trinajstić information content (AvgIpc) is 3.55. The van der Waals surface area contributed by atoms with Crippen LogP contribution < -0.4 is 0 Å². The number of rotatable bonds is 3. The maximum absolute atomic E-state index is 9.27. The summed E-state index contributed by atoms with van der Waals surface area (Å²) in [5.74, 6) is 0. The Balaban J connectivity index is 1.42. The lowest BCUT2D eigenvalue weighted by molar-refractivity contribution is 0.672. The minimum atomic E-state index is -0.588. The molecule has 1 nitrogen and oxygen atoms in total. The summed E-state index contributed by atoms with van der Waals surface area (Å²) in [6.45, 7) is 0. The molecule has 8 aromatic carbocycles. The minimum Gasteiger partial charge on any atom is -0.455 e. The first kappa shape index (κ1) is 16.7. The van der Waals surface area contributed by atoms with E-state index in [1.807, 2.05) is 72.8 Å². The van der Waals surface area contributed by atoms with Crippen molar-refractivity contribution in [3.05, 3.63) is 158 Å². The number of furan rings is 1. The quantitative estimate of drug-likeness (QED) is 0.198. The summed E-state index contributed by atoms with van der Waals surface area (Å²) in [5.41, 5.74) is 3.51. The molecule has 0 amide bonds. The van der Waals surface area contributed by atoms with E-state index in [4.69, 9.17) is 15.4 Å². The molecule has 43 heavy (non-hydrogen) atoms. The highest BCUT2D eigenvalue weighted by Gasteiger charge is 2.19. The first-order chi connectivity index (χ1) is 25.1. The number of fused-ring (bicyclic) bond motifs is 7. The van der Waals surface area contributed by atoms with Gasteiger partial charge in [0.05, 0.1) is 12.3 Å². The SMILES string of the molecule is [2H]c1c([2H])c([2H])c(-c2c([2H])c([2H])c([2H])c([2H])c2-c2c3ccccc3c(-c3ccc4oc5c6ccccc6ccc5c4c3)c3ccccc23)c([2H])c1[2H]. The Labute approximate surface area is 261 Å². The Morgan fingerprint density at radius 1 is 0.419 bits per heavy atom. The van der Waals surface area contributed by atoms with Crippen LogP contribution in [0.25, 0.3) is 87.6 Å². The third-order valence-electron chi connectivity index (χ3n) is 8.27. The van der Waals surface area contributed by atoms with Gasteiger partial charge in [0, 0.05) is 16.2 Å². The third-order valence-corrected chi connectivity index (χ3v) is 8.27. The second kappa shape index (κ2) is 9.44. The van der Waals surface area contributed by atoms with Gasteiger partial charge in [-0.3, -0.25) is 0 Å². The second-order valence-electron chi connectivity index (χ2n) is 10.6. The third kappa shape index (κ3) is 3.65. The average molecular weight is 556 g/mol. The van der Waals surface area contributed by atoms with Crippen molar-refractivity contribution in [1.82, 2.24) is 0 Å². The van der Waals surface area contributed by atoms with Crippen LogP contribution in [0.5, 0.6) is 0 Å². The smallest absolute Gasteiger partial charge is 0.143 e. The summed E-state index contributed by atoms with van der Waals surface area (Å²) in [5, 5.41) is 7.04. The molecule has 0 bridgehead atoms. The van der Waals surface area contributed by atoms with Crippen molar-refractivity contribution in [3.63, 3.8) is 0 Å². The lowest BCUT2D eigenvalue weighted by atomic mass is 9.83. The monoisotopic (exact) mass is 555 g/mol. The summed E-state index contributed by atoms with van der Waals surface area (Å²) >= 11 is 0. The van der Waals surface area contributed by atoms with Crippen LogP contribution in [-0.2, 0) is 0 Å². The first-order valence-electron chi connectivity index (χ1n) is 18.5. The van der Waals surface area contributed by atoms with Crippen molar-refractivity contribution in [2.24, 2.45) is 0 Å². The molecule has 0 aliphatic heterocycles. The predicted octanol–water partition coefficient (Wildman–Crippen LogP) is 12.0. The second-order valence-corrected chi connectivity index (χ2v) is 10.6. The van der Waals surface area contributed by atoms with E-state index >= 15 is 0 Å². The minimum absolute atomic E-state index is 0.0617. The van der Waals surface area contributed by atoms with Gasteiger partial charge in [-0.25, -0.2) is 0 Å². The molecule has 1 aromatic heterocycles. The highest BCUT2D eigenvalue weighted by atomic mass is 16.3. The van der Waals surface area contributed by atoms with E-state index in [1.54, 1.807) is 0 Å². The van der Waals surface area contributed by atoms with Crippen LogP contribution >= 0.6 is 0 Å². The Hall–Kier alpha value is -5.66. The molecule has 0 aliphatic carbocycles. The van der Waals surface area contributed by atoms with Gasteiger partial charge in [0.1, 0.15) is 11.2 Å². The van der Waals surface area contributed by atoms with E-state index in [-0.39, 0.29) is 22.7 Å². The van der Waals surface area contributed by atoms with Crippen LogP contribution in [-0.4, -0.2) is 0 Å². The maximum atomic E-state index is 9.27. The molecule has 0 atom stereocenters. The fraction of sp³-hybridized carbons (Fsp3) is 0. The van der Waals surface area contributed by atoms with Crippen molar-refractivity contribution in [2.45, 2.75) is 0 Å². The van der Waals surface area contributed by atoms with Gasteiger partial charge in [0.15, 0.2) is 0 Å².